The highest BCUT2D eigenvalue weighted by atomic mass is 35.5. The van der Waals surface area contributed by atoms with Gasteiger partial charge in [0.2, 0.25) is 5.91 Å². The van der Waals surface area contributed by atoms with E-state index in [4.69, 9.17) is 11.6 Å². The molecule has 1 aromatic heterocycles. The Morgan fingerprint density at radius 2 is 1.88 bits per heavy atom. The van der Waals surface area contributed by atoms with Gasteiger partial charge >= 0.3 is 0 Å². The molecular weight excluding hydrogens is 368 g/mol. The molecule has 1 fully saturated rings. The molecule has 0 atom stereocenters. The zero-order valence-electron chi connectivity index (χ0n) is 14.4. The van der Waals surface area contributed by atoms with Gasteiger partial charge in [-0.25, -0.2) is 0 Å². The zero-order valence-corrected chi connectivity index (χ0v) is 16.0. The molecule has 0 aliphatic carbocycles. The molecular formula is C20H21ClN2O2S. The number of pyridine rings is 1. The van der Waals surface area contributed by atoms with Crippen LogP contribution in [0.2, 0.25) is 5.02 Å². The molecule has 0 unspecified atom stereocenters. The van der Waals surface area contributed by atoms with Crippen molar-refractivity contribution >= 4 is 35.1 Å². The molecule has 2 aromatic rings. The fourth-order valence-corrected chi connectivity index (χ4v) is 4.06. The fraction of sp³-hybridized carbons (Fsp3) is 0.350. The van der Waals surface area contributed by atoms with E-state index in [1.807, 2.05) is 23.2 Å². The largest absolute Gasteiger partial charge is 0.342 e. The molecule has 0 N–H and O–H groups in total. The van der Waals surface area contributed by atoms with Gasteiger partial charge in [0.15, 0.2) is 5.78 Å². The molecule has 4 nitrogen and oxygen atoms in total. The monoisotopic (exact) mass is 388 g/mol. The Bertz CT molecular complexity index is 744. The van der Waals surface area contributed by atoms with Crippen molar-refractivity contribution in [3.63, 3.8) is 0 Å². The number of carbonyl (C=O) groups is 2. The summed E-state index contributed by atoms with van der Waals surface area (Å²) in [6, 6.07) is 11.0. The van der Waals surface area contributed by atoms with Gasteiger partial charge < -0.3 is 4.90 Å². The molecule has 1 aliphatic rings. The minimum Gasteiger partial charge on any atom is -0.342 e. The van der Waals surface area contributed by atoms with Crippen LogP contribution in [0.1, 0.15) is 28.8 Å². The van der Waals surface area contributed by atoms with E-state index in [1.54, 1.807) is 42.2 Å². The SMILES string of the molecule is O=C(c1ccc(Cl)cc1)C1CCN(C(=O)CSCc2cccnc2)CC1. The predicted octanol–water partition coefficient (Wildman–Crippen LogP) is 4.09. The van der Waals surface area contributed by atoms with E-state index >= 15 is 0 Å². The topological polar surface area (TPSA) is 50.3 Å². The number of nitrogens with zero attached hydrogens (tertiary/aromatic N) is 2. The van der Waals surface area contributed by atoms with Crippen molar-refractivity contribution in [1.82, 2.24) is 9.88 Å². The maximum atomic E-state index is 12.6. The van der Waals surface area contributed by atoms with Gasteiger partial charge in [0.1, 0.15) is 0 Å². The smallest absolute Gasteiger partial charge is 0.232 e. The summed E-state index contributed by atoms with van der Waals surface area (Å²) in [6.07, 6.45) is 5.01. The van der Waals surface area contributed by atoms with Crippen LogP contribution in [-0.4, -0.2) is 40.4 Å². The van der Waals surface area contributed by atoms with E-state index in [0.29, 0.717) is 29.4 Å². The maximum Gasteiger partial charge on any atom is 0.232 e. The molecule has 136 valence electrons. The van der Waals surface area contributed by atoms with Crippen LogP contribution in [0.25, 0.3) is 0 Å². The summed E-state index contributed by atoms with van der Waals surface area (Å²) in [4.78, 5) is 30.9. The second kappa shape index (κ2) is 9.19. The lowest BCUT2D eigenvalue weighted by Crippen LogP contribution is -2.41. The van der Waals surface area contributed by atoms with E-state index in [-0.39, 0.29) is 17.6 Å². The van der Waals surface area contributed by atoms with E-state index in [0.717, 1.165) is 24.2 Å². The third kappa shape index (κ3) is 5.08. The summed E-state index contributed by atoms with van der Waals surface area (Å²) in [5, 5.41) is 0.630. The molecule has 1 aromatic carbocycles. The zero-order chi connectivity index (χ0) is 18.4. The normalized spacial score (nSPS) is 15.0. The van der Waals surface area contributed by atoms with Crippen LogP contribution in [0.5, 0.6) is 0 Å². The van der Waals surface area contributed by atoms with Gasteiger partial charge in [-0.1, -0.05) is 17.7 Å². The third-order valence-corrected chi connectivity index (χ3v) is 5.80. The van der Waals surface area contributed by atoms with Crippen molar-refractivity contribution in [3.8, 4) is 0 Å². The summed E-state index contributed by atoms with van der Waals surface area (Å²) in [6.45, 7) is 1.30. The molecule has 0 spiro atoms. The second-order valence-corrected chi connectivity index (χ2v) is 7.80. The molecule has 3 rings (SSSR count). The Hall–Kier alpha value is -1.85. The highest BCUT2D eigenvalue weighted by molar-refractivity contribution is 7.99. The molecule has 2 heterocycles. The molecule has 0 saturated carbocycles. The third-order valence-electron chi connectivity index (χ3n) is 4.56. The van der Waals surface area contributed by atoms with Crippen LogP contribution >= 0.6 is 23.4 Å². The standard InChI is InChI=1S/C20H21ClN2O2S/c21-18-5-3-16(4-6-18)20(25)17-7-10-23(11-8-17)19(24)14-26-13-15-2-1-9-22-12-15/h1-6,9,12,17H,7-8,10-11,13-14H2. The summed E-state index contributed by atoms with van der Waals surface area (Å²) in [5.74, 6) is 1.54. The summed E-state index contributed by atoms with van der Waals surface area (Å²) < 4.78 is 0. The lowest BCUT2D eigenvalue weighted by Gasteiger charge is -2.31. The van der Waals surface area contributed by atoms with Gasteiger partial charge in [0.05, 0.1) is 5.75 Å². The van der Waals surface area contributed by atoms with Crippen LogP contribution in [-0.2, 0) is 10.5 Å². The van der Waals surface area contributed by atoms with Crippen LogP contribution in [0.15, 0.2) is 48.8 Å². The first kappa shape index (κ1) is 18.9. The number of thioether (sulfide) groups is 1. The summed E-state index contributed by atoms with van der Waals surface area (Å²) in [5.41, 5.74) is 1.82. The van der Waals surface area contributed by atoms with Crippen molar-refractivity contribution in [2.75, 3.05) is 18.8 Å². The molecule has 1 aliphatic heterocycles. The lowest BCUT2D eigenvalue weighted by molar-refractivity contribution is -0.129. The van der Waals surface area contributed by atoms with Gasteiger partial charge in [0, 0.05) is 47.7 Å². The number of likely N-dealkylation sites (tertiary alicyclic amines) is 1. The van der Waals surface area contributed by atoms with Crippen molar-refractivity contribution in [3.05, 3.63) is 64.9 Å². The molecule has 26 heavy (non-hydrogen) atoms. The predicted molar refractivity (Wildman–Crippen MR) is 105 cm³/mol. The van der Waals surface area contributed by atoms with Crippen LogP contribution in [0, 0.1) is 5.92 Å². The van der Waals surface area contributed by atoms with Crippen LogP contribution in [0.3, 0.4) is 0 Å². The van der Waals surface area contributed by atoms with E-state index < -0.39 is 0 Å². The number of hydrogen-bond acceptors (Lipinski definition) is 4. The van der Waals surface area contributed by atoms with E-state index in [2.05, 4.69) is 4.98 Å². The molecule has 1 saturated heterocycles. The van der Waals surface area contributed by atoms with Crippen molar-refractivity contribution in [2.24, 2.45) is 5.92 Å². The molecule has 6 heteroatoms. The number of piperidine rings is 1. The molecule has 1 amide bonds. The Kier molecular flexibility index (Phi) is 6.69. The quantitative estimate of drug-likeness (QED) is 0.699. The first-order chi connectivity index (χ1) is 12.6. The number of hydrogen-bond donors (Lipinski definition) is 0. The van der Waals surface area contributed by atoms with Gasteiger partial charge in [-0.3, -0.25) is 14.6 Å². The van der Waals surface area contributed by atoms with Gasteiger partial charge in [-0.05, 0) is 48.7 Å². The number of rotatable bonds is 6. The first-order valence-electron chi connectivity index (χ1n) is 8.67. The Balaban J connectivity index is 1.43. The Labute approximate surface area is 162 Å². The summed E-state index contributed by atoms with van der Waals surface area (Å²) >= 11 is 7.48. The number of aromatic nitrogens is 1. The maximum absolute atomic E-state index is 12.6. The van der Waals surface area contributed by atoms with Gasteiger partial charge in [-0.2, -0.15) is 0 Å². The highest BCUT2D eigenvalue weighted by Gasteiger charge is 2.27. The van der Waals surface area contributed by atoms with Gasteiger partial charge in [0.25, 0.3) is 0 Å². The van der Waals surface area contributed by atoms with E-state index in [1.165, 1.54) is 0 Å². The minimum atomic E-state index is -0.0109. The Morgan fingerprint density at radius 1 is 1.15 bits per heavy atom. The number of ketones is 1. The first-order valence-corrected chi connectivity index (χ1v) is 10.2. The number of Topliss-reactive ketones (excluding diaryl/α,β-unsaturated/α-hetero) is 1. The Morgan fingerprint density at radius 3 is 2.54 bits per heavy atom. The van der Waals surface area contributed by atoms with Crippen LogP contribution < -0.4 is 0 Å². The highest BCUT2D eigenvalue weighted by Crippen LogP contribution is 2.23. The minimum absolute atomic E-state index is 0.0109. The number of amides is 1. The second-order valence-electron chi connectivity index (χ2n) is 6.38. The number of halogens is 1. The average molecular weight is 389 g/mol. The average Bonchev–Trinajstić information content (AvgIpc) is 2.69. The number of carbonyl (C=O) groups excluding carboxylic acids is 2. The van der Waals surface area contributed by atoms with Crippen molar-refractivity contribution in [2.45, 2.75) is 18.6 Å². The lowest BCUT2D eigenvalue weighted by atomic mass is 9.89. The van der Waals surface area contributed by atoms with Gasteiger partial charge in [-0.15, -0.1) is 11.8 Å². The summed E-state index contributed by atoms with van der Waals surface area (Å²) in [7, 11) is 0. The number of benzene rings is 1. The molecule has 0 radical (unpaired) electrons. The van der Waals surface area contributed by atoms with Crippen molar-refractivity contribution < 1.29 is 9.59 Å². The fourth-order valence-electron chi connectivity index (χ4n) is 3.07. The molecule has 0 bridgehead atoms. The van der Waals surface area contributed by atoms with Crippen LogP contribution in [0.4, 0.5) is 0 Å². The van der Waals surface area contributed by atoms with Crippen molar-refractivity contribution in [1.29, 1.82) is 0 Å². The van der Waals surface area contributed by atoms with E-state index in [9.17, 15) is 9.59 Å².